The van der Waals surface area contributed by atoms with Crippen LogP contribution in [0.15, 0.2) is 24.3 Å². The number of ether oxygens (including phenoxy) is 2. The van der Waals surface area contributed by atoms with Crippen LogP contribution < -0.4 is 9.47 Å². The molecule has 2 N–H and O–H groups in total. The summed E-state index contributed by atoms with van der Waals surface area (Å²) in [7, 11) is 3.18. The molecule has 0 bridgehead atoms. The minimum Gasteiger partial charge on any atom is -0.504 e. The average Bonchev–Trinajstić information content (AvgIpc) is 2.61. The monoisotopic (exact) mass is 341 g/mol. The second kappa shape index (κ2) is 5.85. The summed E-state index contributed by atoms with van der Waals surface area (Å²) in [5.74, 6) is 1.48. The van der Waals surface area contributed by atoms with E-state index in [1.807, 2.05) is 18.2 Å². The zero-order valence-corrected chi connectivity index (χ0v) is 14.7. The zero-order valence-electron chi connectivity index (χ0n) is 14.7. The molecule has 2 aliphatic heterocycles. The van der Waals surface area contributed by atoms with Gasteiger partial charge in [0.1, 0.15) is 0 Å². The number of nitrogens with zero attached hydrogens (tertiary/aromatic N) is 1. The third-order valence-electron chi connectivity index (χ3n) is 5.58. The molecule has 2 aromatic rings. The summed E-state index contributed by atoms with van der Waals surface area (Å²) in [5.41, 5.74) is 4.64. The highest BCUT2D eigenvalue weighted by atomic mass is 16.5. The van der Waals surface area contributed by atoms with Crippen LogP contribution in [0.1, 0.15) is 35.2 Å². The molecule has 0 saturated heterocycles. The predicted octanol–water partition coefficient (Wildman–Crippen LogP) is 3.16. The summed E-state index contributed by atoms with van der Waals surface area (Å²) < 4.78 is 10.7. The lowest BCUT2D eigenvalue weighted by molar-refractivity contribution is 0.104. The molecular formula is C20H23NO4. The van der Waals surface area contributed by atoms with Crippen molar-refractivity contribution in [2.24, 2.45) is 0 Å². The minimum atomic E-state index is 0.185. The molecule has 2 heterocycles. The Hall–Kier alpha value is -2.40. The van der Waals surface area contributed by atoms with E-state index in [9.17, 15) is 10.2 Å². The van der Waals surface area contributed by atoms with Gasteiger partial charge in [0.05, 0.1) is 14.2 Å². The lowest BCUT2D eigenvalue weighted by Gasteiger charge is -2.45. The SMILES string of the molecule is COc1cc2c(cc1O)C1Cc3ccc(O)c(OC)c3CN1C(C)C2. The number of benzene rings is 2. The van der Waals surface area contributed by atoms with E-state index in [1.165, 1.54) is 11.1 Å². The van der Waals surface area contributed by atoms with Crippen LogP contribution in [0.4, 0.5) is 0 Å². The summed E-state index contributed by atoms with van der Waals surface area (Å²) >= 11 is 0. The molecule has 132 valence electrons. The fourth-order valence-electron chi connectivity index (χ4n) is 4.33. The molecule has 2 unspecified atom stereocenters. The maximum atomic E-state index is 10.2. The zero-order chi connectivity index (χ0) is 17.7. The Labute approximate surface area is 147 Å². The van der Waals surface area contributed by atoms with E-state index >= 15 is 0 Å². The molecule has 2 aromatic carbocycles. The standard InChI is InChI=1S/C20H23NO4/c1-11-6-13-8-19(24-2)18(23)9-14(13)16-7-12-4-5-17(22)20(25-3)15(12)10-21(11)16/h4-5,8-9,11,16,22-23H,6-7,10H2,1-3H3. The number of phenols is 2. The van der Waals surface area contributed by atoms with Gasteiger partial charge in [0.2, 0.25) is 0 Å². The van der Waals surface area contributed by atoms with E-state index in [1.54, 1.807) is 20.3 Å². The predicted molar refractivity (Wildman–Crippen MR) is 94.5 cm³/mol. The van der Waals surface area contributed by atoms with Crippen LogP contribution in [0.5, 0.6) is 23.0 Å². The van der Waals surface area contributed by atoms with Gasteiger partial charge in [0.25, 0.3) is 0 Å². The highest BCUT2D eigenvalue weighted by Crippen LogP contribution is 2.46. The molecule has 5 heteroatoms. The van der Waals surface area contributed by atoms with Gasteiger partial charge in [-0.25, -0.2) is 0 Å². The molecule has 0 radical (unpaired) electrons. The first-order valence-electron chi connectivity index (χ1n) is 8.56. The molecule has 5 nitrogen and oxygen atoms in total. The van der Waals surface area contributed by atoms with Crippen LogP contribution in [0.3, 0.4) is 0 Å². The van der Waals surface area contributed by atoms with Gasteiger partial charge in [-0.1, -0.05) is 6.07 Å². The number of methoxy groups -OCH3 is 2. The second-order valence-electron chi connectivity index (χ2n) is 6.92. The Morgan fingerprint density at radius 3 is 2.52 bits per heavy atom. The van der Waals surface area contributed by atoms with Crippen molar-refractivity contribution in [2.75, 3.05) is 14.2 Å². The smallest absolute Gasteiger partial charge is 0.165 e. The first-order valence-corrected chi connectivity index (χ1v) is 8.56. The molecule has 0 fully saturated rings. The van der Waals surface area contributed by atoms with E-state index in [-0.39, 0.29) is 17.5 Å². The molecule has 2 aliphatic rings. The van der Waals surface area contributed by atoms with Gasteiger partial charge in [0.15, 0.2) is 23.0 Å². The van der Waals surface area contributed by atoms with Crippen LogP contribution in [-0.2, 0) is 19.4 Å². The van der Waals surface area contributed by atoms with Crippen molar-refractivity contribution < 1.29 is 19.7 Å². The molecule has 0 amide bonds. The molecule has 0 spiro atoms. The maximum absolute atomic E-state index is 10.2. The number of hydrogen-bond donors (Lipinski definition) is 2. The quantitative estimate of drug-likeness (QED) is 0.879. The van der Waals surface area contributed by atoms with Crippen molar-refractivity contribution in [3.8, 4) is 23.0 Å². The second-order valence-corrected chi connectivity index (χ2v) is 6.92. The third-order valence-corrected chi connectivity index (χ3v) is 5.58. The molecular weight excluding hydrogens is 318 g/mol. The Morgan fingerprint density at radius 2 is 1.80 bits per heavy atom. The van der Waals surface area contributed by atoms with Crippen molar-refractivity contribution >= 4 is 0 Å². The van der Waals surface area contributed by atoms with Crippen molar-refractivity contribution in [2.45, 2.75) is 38.4 Å². The van der Waals surface area contributed by atoms with Gasteiger partial charge < -0.3 is 19.7 Å². The van der Waals surface area contributed by atoms with E-state index < -0.39 is 0 Å². The number of fused-ring (bicyclic) bond motifs is 4. The summed E-state index contributed by atoms with van der Waals surface area (Å²) in [6.07, 6.45) is 1.73. The number of rotatable bonds is 2. The Bertz CT molecular complexity index is 833. The van der Waals surface area contributed by atoms with Crippen LogP contribution in [0.2, 0.25) is 0 Å². The molecule has 25 heavy (non-hydrogen) atoms. The lowest BCUT2D eigenvalue weighted by Crippen LogP contribution is -2.45. The average molecular weight is 341 g/mol. The largest absolute Gasteiger partial charge is 0.504 e. The third kappa shape index (κ3) is 2.42. The Kier molecular flexibility index (Phi) is 3.76. The summed E-state index contributed by atoms with van der Waals surface area (Å²) in [6.45, 7) is 2.94. The van der Waals surface area contributed by atoms with Gasteiger partial charge >= 0.3 is 0 Å². The fraction of sp³-hybridized carbons (Fsp3) is 0.400. The van der Waals surface area contributed by atoms with Gasteiger partial charge in [-0.05, 0) is 54.7 Å². The number of aromatic hydroxyl groups is 2. The van der Waals surface area contributed by atoms with Crippen molar-refractivity contribution in [3.05, 3.63) is 46.5 Å². The topological polar surface area (TPSA) is 62.2 Å². The first-order chi connectivity index (χ1) is 12.0. The summed E-state index contributed by atoms with van der Waals surface area (Å²) in [5, 5.41) is 20.3. The number of phenolic OH excluding ortho intramolecular Hbond substituents is 2. The van der Waals surface area contributed by atoms with E-state index in [4.69, 9.17) is 9.47 Å². The maximum Gasteiger partial charge on any atom is 0.165 e. The normalized spacial score (nSPS) is 21.9. The lowest BCUT2D eigenvalue weighted by atomic mass is 9.81. The fourth-order valence-corrected chi connectivity index (χ4v) is 4.33. The van der Waals surface area contributed by atoms with Crippen LogP contribution in [-0.4, -0.2) is 35.4 Å². The first kappa shape index (κ1) is 16.1. The van der Waals surface area contributed by atoms with Crippen LogP contribution in [0.25, 0.3) is 0 Å². The van der Waals surface area contributed by atoms with E-state index in [2.05, 4.69) is 11.8 Å². The molecule has 0 aliphatic carbocycles. The minimum absolute atomic E-state index is 0.185. The van der Waals surface area contributed by atoms with Gasteiger partial charge in [-0.3, -0.25) is 4.90 Å². The summed E-state index contributed by atoms with van der Waals surface area (Å²) in [6, 6.07) is 8.05. The Balaban J connectivity index is 1.81. The molecule has 2 atom stereocenters. The number of hydrogen-bond acceptors (Lipinski definition) is 5. The van der Waals surface area contributed by atoms with Crippen molar-refractivity contribution in [1.29, 1.82) is 0 Å². The van der Waals surface area contributed by atoms with Gasteiger partial charge in [0, 0.05) is 24.2 Å². The molecule has 0 saturated carbocycles. The van der Waals surface area contributed by atoms with Crippen LogP contribution >= 0.6 is 0 Å². The summed E-state index contributed by atoms with van der Waals surface area (Å²) in [4.78, 5) is 2.43. The highest BCUT2D eigenvalue weighted by molar-refractivity contribution is 5.54. The van der Waals surface area contributed by atoms with Gasteiger partial charge in [-0.15, -0.1) is 0 Å². The van der Waals surface area contributed by atoms with Crippen molar-refractivity contribution in [1.82, 2.24) is 4.90 Å². The Morgan fingerprint density at radius 1 is 1.00 bits per heavy atom. The van der Waals surface area contributed by atoms with E-state index in [0.29, 0.717) is 17.5 Å². The van der Waals surface area contributed by atoms with Crippen LogP contribution in [0, 0.1) is 0 Å². The molecule has 0 aromatic heterocycles. The highest BCUT2D eigenvalue weighted by Gasteiger charge is 2.37. The van der Waals surface area contributed by atoms with Gasteiger partial charge in [-0.2, -0.15) is 0 Å². The van der Waals surface area contributed by atoms with E-state index in [0.717, 1.165) is 30.5 Å². The van der Waals surface area contributed by atoms with Crippen molar-refractivity contribution in [3.63, 3.8) is 0 Å². The molecule has 4 rings (SSSR count).